The average molecular weight is 338 g/mol. The molecule has 2 aliphatic carbocycles. The number of nitrogens with zero attached hydrogens (tertiary/aromatic N) is 1. The molecule has 0 atom stereocenters. The summed E-state index contributed by atoms with van der Waals surface area (Å²) in [5.41, 5.74) is 0.841. The van der Waals surface area contributed by atoms with Crippen molar-refractivity contribution in [1.82, 2.24) is 0 Å². The molecule has 0 N–H and O–H groups in total. The van der Waals surface area contributed by atoms with Crippen LogP contribution in [0.25, 0.3) is 0 Å². The molecule has 0 spiro atoms. The maximum atomic E-state index is 10.7. The van der Waals surface area contributed by atoms with Crippen LogP contribution in [0, 0.1) is 0 Å². The summed E-state index contributed by atoms with van der Waals surface area (Å²) in [5.74, 6) is 0. The maximum absolute atomic E-state index is 10.7. The Bertz CT molecular complexity index is 529. The average Bonchev–Trinajstić information content (AvgIpc) is 3.09. The number of rotatable bonds is 4. The quantitative estimate of drug-likeness (QED) is 0.582. The minimum atomic E-state index is -0.312. The minimum Gasteiger partial charge on any atom is -0.211 e. The first-order valence-corrected chi connectivity index (χ1v) is 8.46. The summed E-state index contributed by atoms with van der Waals surface area (Å²) < 4.78 is 1.13. The highest BCUT2D eigenvalue weighted by molar-refractivity contribution is 9.10. The van der Waals surface area contributed by atoms with Crippen molar-refractivity contribution in [3.63, 3.8) is 0 Å². The predicted octanol–water partition coefficient (Wildman–Crippen LogP) is 4.81. The zero-order chi connectivity index (χ0) is 13.3. The van der Waals surface area contributed by atoms with E-state index in [0.717, 1.165) is 41.0 Å². The van der Waals surface area contributed by atoms with Gasteiger partial charge in [0.1, 0.15) is 0 Å². The van der Waals surface area contributed by atoms with Gasteiger partial charge in [0.25, 0.3) is 0 Å². The van der Waals surface area contributed by atoms with E-state index in [1.165, 1.54) is 17.7 Å². The van der Waals surface area contributed by atoms with Gasteiger partial charge in [-0.3, -0.25) is 0 Å². The Kier molecular flexibility index (Phi) is 3.84. The molecule has 1 aromatic carbocycles. The summed E-state index contributed by atoms with van der Waals surface area (Å²) in [7, 11) is 0. The summed E-state index contributed by atoms with van der Waals surface area (Å²) in [5, 5.41) is 0.801. The van der Waals surface area contributed by atoms with Gasteiger partial charge in [0.2, 0.25) is 6.08 Å². The van der Waals surface area contributed by atoms with Gasteiger partial charge >= 0.3 is 0 Å². The van der Waals surface area contributed by atoms with E-state index in [0.29, 0.717) is 0 Å². The first kappa shape index (κ1) is 13.4. The van der Waals surface area contributed by atoms with Crippen molar-refractivity contribution < 1.29 is 4.79 Å². The largest absolute Gasteiger partial charge is 0.235 e. The lowest BCUT2D eigenvalue weighted by atomic mass is 9.89. The van der Waals surface area contributed by atoms with Crippen molar-refractivity contribution in [3.8, 4) is 0 Å². The lowest BCUT2D eigenvalue weighted by Crippen LogP contribution is -2.18. The molecule has 4 heteroatoms. The summed E-state index contributed by atoms with van der Waals surface area (Å²) in [6.07, 6.45) is 8.65. The lowest BCUT2D eigenvalue weighted by Gasteiger charge is -2.23. The Hall–Kier alpha value is -0.570. The first-order chi connectivity index (χ1) is 9.23. The second-order valence-corrected chi connectivity index (χ2v) is 7.60. The topological polar surface area (TPSA) is 29.4 Å². The Labute approximate surface area is 126 Å². The Morgan fingerprint density at radius 2 is 2.05 bits per heavy atom. The SMILES string of the molecule is O=C=NC1(c2ccc(SC3CC3)c(Br)c2)CCCC1. The monoisotopic (exact) mass is 337 g/mol. The third-order valence-corrected chi connectivity index (χ3v) is 6.31. The fourth-order valence-corrected chi connectivity index (χ4v) is 4.47. The molecule has 0 bridgehead atoms. The zero-order valence-corrected chi connectivity index (χ0v) is 13.1. The maximum Gasteiger partial charge on any atom is 0.235 e. The number of halogens is 1. The molecule has 1 aromatic rings. The number of hydrogen-bond donors (Lipinski definition) is 0. The molecule has 3 rings (SSSR count). The van der Waals surface area contributed by atoms with Gasteiger partial charge in [0, 0.05) is 14.6 Å². The van der Waals surface area contributed by atoms with Gasteiger partial charge in [-0.1, -0.05) is 18.9 Å². The van der Waals surface area contributed by atoms with E-state index in [4.69, 9.17) is 0 Å². The van der Waals surface area contributed by atoms with E-state index in [1.807, 2.05) is 11.8 Å². The highest BCUT2D eigenvalue weighted by Crippen LogP contribution is 2.46. The molecule has 0 saturated heterocycles. The van der Waals surface area contributed by atoms with Crippen LogP contribution in [0.1, 0.15) is 44.1 Å². The number of isocyanates is 1. The lowest BCUT2D eigenvalue weighted by molar-refractivity contribution is 0.455. The van der Waals surface area contributed by atoms with E-state index in [9.17, 15) is 4.79 Å². The standard InChI is InChI=1S/C15H16BrNOS/c16-13-9-11(3-6-14(13)19-12-4-5-12)15(17-10-18)7-1-2-8-15/h3,6,9,12H,1-2,4-5,7-8H2. The molecule has 0 amide bonds. The van der Waals surface area contributed by atoms with Gasteiger partial charge in [-0.25, -0.2) is 4.79 Å². The molecule has 0 heterocycles. The minimum absolute atomic E-state index is 0.312. The molecule has 2 nitrogen and oxygen atoms in total. The molecule has 2 aliphatic rings. The van der Waals surface area contributed by atoms with Gasteiger partial charge < -0.3 is 0 Å². The molecule has 2 fully saturated rings. The van der Waals surface area contributed by atoms with Crippen LogP contribution >= 0.6 is 27.7 Å². The molecule has 2 saturated carbocycles. The first-order valence-electron chi connectivity index (χ1n) is 6.79. The van der Waals surface area contributed by atoms with Crippen LogP contribution in [0.2, 0.25) is 0 Å². The van der Waals surface area contributed by atoms with Crippen LogP contribution in [0.4, 0.5) is 0 Å². The van der Waals surface area contributed by atoms with Crippen molar-refractivity contribution in [1.29, 1.82) is 0 Å². The van der Waals surface area contributed by atoms with E-state index >= 15 is 0 Å². The molecule has 19 heavy (non-hydrogen) atoms. The van der Waals surface area contributed by atoms with Gasteiger partial charge in [0.15, 0.2) is 0 Å². The molecule has 100 valence electrons. The van der Waals surface area contributed by atoms with Crippen LogP contribution in [-0.2, 0) is 10.3 Å². The number of thioether (sulfide) groups is 1. The highest BCUT2D eigenvalue weighted by Gasteiger charge is 2.36. The molecule has 0 unspecified atom stereocenters. The van der Waals surface area contributed by atoms with Crippen molar-refractivity contribution in [2.24, 2.45) is 4.99 Å². The summed E-state index contributed by atoms with van der Waals surface area (Å²) in [6.45, 7) is 0. The Morgan fingerprint density at radius 3 is 2.63 bits per heavy atom. The van der Waals surface area contributed by atoms with Crippen molar-refractivity contribution in [2.45, 2.75) is 54.2 Å². The summed E-state index contributed by atoms with van der Waals surface area (Å²) in [4.78, 5) is 16.2. The van der Waals surface area contributed by atoms with Crippen LogP contribution in [0.3, 0.4) is 0 Å². The number of carbonyl (C=O) groups excluding carboxylic acids is 1. The smallest absolute Gasteiger partial charge is 0.211 e. The van der Waals surface area contributed by atoms with Gasteiger partial charge in [-0.15, -0.1) is 11.8 Å². The van der Waals surface area contributed by atoms with Crippen LogP contribution in [0.15, 0.2) is 32.6 Å². The molecular weight excluding hydrogens is 322 g/mol. The van der Waals surface area contributed by atoms with Crippen LogP contribution < -0.4 is 0 Å². The van der Waals surface area contributed by atoms with E-state index < -0.39 is 0 Å². The fraction of sp³-hybridized carbons (Fsp3) is 0.533. The highest BCUT2D eigenvalue weighted by atomic mass is 79.9. The van der Waals surface area contributed by atoms with E-state index in [1.54, 1.807) is 6.08 Å². The number of hydrogen-bond acceptors (Lipinski definition) is 3. The number of benzene rings is 1. The second kappa shape index (κ2) is 5.43. The van der Waals surface area contributed by atoms with Crippen molar-refractivity contribution >= 4 is 33.8 Å². The summed E-state index contributed by atoms with van der Waals surface area (Å²) in [6, 6.07) is 6.46. The summed E-state index contributed by atoms with van der Waals surface area (Å²) >= 11 is 5.61. The molecule has 0 aromatic heterocycles. The number of aliphatic imine (C=N–C) groups is 1. The molecular formula is C15H16BrNOS. The predicted molar refractivity (Wildman–Crippen MR) is 81.3 cm³/mol. The third-order valence-electron chi connectivity index (χ3n) is 3.98. The van der Waals surface area contributed by atoms with Gasteiger partial charge in [-0.2, -0.15) is 4.99 Å². The molecule has 0 aliphatic heterocycles. The van der Waals surface area contributed by atoms with E-state index in [2.05, 4.69) is 39.1 Å². The normalized spacial score (nSPS) is 21.1. The van der Waals surface area contributed by atoms with E-state index in [-0.39, 0.29) is 5.54 Å². The second-order valence-electron chi connectivity index (χ2n) is 5.40. The van der Waals surface area contributed by atoms with Crippen LogP contribution in [0.5, 0.6) is 0 Å². The Balaban J connectivity index is 1.91. The van der Waals surface area contributed by atoms with Gasteiger partial charge in [-0.05, 0) is 59.3 Å². The zero-order valence-electron chi connectivity index (χ0n) is 10.7. The van der Waals surface area contributed by atoms with Crippen LogP contribution in [-0.4, -0.2) is 11.3 Å². The van der Waals surface area contributed by atoms with Gasteiger partial charge in [0.05, 0.1) is 5.54 Å². The van der Waals surface area contributed by atoms with Crippen molar-refractivity contribution in [3.05, 3.63) is 28.2 Å². The fourth-order valence-electron chi connectivity index (χ4n) is 2.76. The van der Waals surface area contributed by atoms with Crippen molar-refractivity contribution in [2.75, 3.05) is 0 Å². The Morgan fingerprint density at radius 1 is 1.32 bits per heavy atom. The molecule has 0 radical (unpaired) electrons. The third kappa shape index (κ3) is 2.81.